The summed E-state index contributed by atoms with van der Waals surface area (Å²) in [5.74, 6) is -0.560. The molecule has 0 amide bonds. The van der Waals surface area contributed by atoms with Crippen molar-refractivity contribution in [2.45, 2.75) is 30.6 Å². The zero-order valence-electron chi connectivity index (χ0n) is 15.4. The van der Waals surface area contributed by atoms with E-state index in [0.717, 1.165) is 34.1 Å². The quantitative estimate of drug-likeness (QED) is 0.511. The summed E-state index contributed by atoms with van der Waals surface area (Å²) in [4.78, 5) is 0. The van der Waals surface area contributed by atoms with E-state index in [0.29, 0.717) is 0 Å². The lowest BCUT2D eigenvalue weighted by Gasteiger charge is -2.46. The molecule has 2 aromatic carbocycles. The van der Waals surface area contributed by atoms with E-state index in [1.54, 1.807) is 12.1 Å². The normalized spacial score (nSPS) is 34.5. The molecule has 2 bridgehead atoms. The van der Waals surface area contributed by atoms with Crippen molar-refractivity contribution in [2.75, 3.05) is 5.32 Å². The van der Waals surface area contributed by atoms with Gasteiger partial charge in [0.25, 0.3) is 0 Å². The number of halogens is 1. The Balaban J connectivity index is 1.56. The predicted molar refractivity (Wildman–Crippen MR) is 103 cm³/mol. The molecule has 2 saturated carbocycles. The zero-order valence-corrected chi connectivity index (χ0v) is 15.4. The average Bonchev–Trinajstić information content (AvgIpc) is 3.43. The molecule has 146 valence electrons. The molecule has 0 radical (unpaired) electrons. The van der Waals surface area contributed by atoms with Crippen molar-refractivity contribution in [3.05, 3.63) is 59.0 Å². The molecule has 0 saturated heterocycles. The topological polar surface area (TPSA) is 105 Å². The molecule has 6 nitrogen and oxygen atoms in total. The van der Waals surface area contributed by atoms with Gasteiger partial charge in [0.2, 0.25) is 0 Å². The van der Waals surface area contributed by atoms with Gasteiger partial charge in [-0.25, -0.2) is 4.39 Å². The first kappa shape index (κ1) is 17.0. The molecule has 6 rings (SSSR count). The first-order valence-electron chi connectivity index (χ1n) is 9.86. The number of nitrogens with one attached hydrogen (secondary N) is 2. The van der Waals surface area contributed by atoms with E-state index in [2.05, 4.69) is 15.5 Å². The third kappa shape index (κ3) is 2.13. The Morgan fingerprint density at radius 2 is 1.97 bits per heavy atom. The largest absolute Gasteiger partial charge is 0.390 e. The smallest absolute Gasteiger partial charge is 0.140 e. The SMILES string of the molecule is N#Cc1cc(C2Nc3ccc4[nH]ncc4c3C3C4CC(C(O)C4O)C23)ccc1F. The van der Waals surface area contributed by atoms with Crippen molar-refractivity contribution in [1.82, 2.24) is 10.2 Å². The zero-order chi connectivity index (χ0) is 19.9. The summed E-state index contributed by atoms with van der Waals surface area (Å²) in [7, 11) is 0. The van der Waals surface area contributed by atoms with Crippen molar-refractivity contribution in [3.8, 4) is 6.07 Å². The molecule has 7 unspecified atom stereocenters. The molecule has 3 aromatic rings. The van der Waals surface area contributed by atoms with E-state index in [-0.39, 0.29) is 35.3 Å². The van der Waals surface area contributed by atoms with Crippen LogP contribution in [0.1, 0.15) is 35.1 Å². The van der Waals surface area contributed by atoms with Crippen LogP contribution in [-0.2, 0) is 0 Å². The lowest BCUT2D eigenvalue weighted by molar-refractivity contribution is -0.0465. The lowest BCUT2D eigenvalue weighted by atomic mass is 9.66. The first-order chi connectivity index (χ1) is 14.1. The molecular formula is C22H19FN4O2. The van der Waals surface area contributed by atoms with Gasteiger partial charge in [-0.05, 0) is 65.5 Å². The maximum Gasteiger partial charge on any atom is 0.140 e. The lowest BCUT2D eigenvalue weighted by Crippen LogP contribution is -2.46. The molecular weight excluding hydrogens is 371 g/mol. The molecule has 2 heterocycles. The second-order valence-corrected chi connectivity index (χ2v) is 8.48. The van der Waals surface area contributed by atoms with Crippen LogP contribution >= 0.6 is 0 Å². The summed E-state index contributed by atoms with van der Waals surface area (Å²) in [6.45, 7) is 0. The standard InChI is InChI=1S/C22H19FN4O2/c23-14-2-1-9(5-10(14)7-24)20-19-12-6-11(21(28)22(12)29)18(19)17-13-8-25-27-15(13)3-4-16(17)26-20/h1-5,8,11-12,18-22,26,28-29H,6H2,(H,25,27). The monoisotopic (exact) mass is 390 g/mol. The number of benzene rings is 2. The van der Waals surface area contributed by atoms with Gasteiger partial charge in [0.1, 0.15) is 11.9 Å². The fraction of sp³-hybridized carbons (Fsp3) is 0.364. The number of anilines is 1. The third-order valence-electron chi connectivity index (χ3n) is 7.31. The van der Waals surface area contributed by atoms with E-state index < -0.39 is 18.0 Å². The fourth-order valence-corrected chi connectivity index (χ4v) is 6.17. The van der Waals surface area contributed by atoms with Gasteiger partial charge in [0.15, 0.2) is 0 Å². The molecule has 7 atom stereocenters. The number of nitriles is 1. The number of aliphatic hydroxyl groups is 2. The van der Waals surface area contributed by atoms with Crippen molar-refractivity contribution in [2.24, 2.45) is 17.8 Å². The van der Waals surface area contributed by atoms with Gasteiger partial charge in [-0.15, -0.1) is 0 Å². The molecule has 2 aliphatic carbocycles. The number of hydrogen-bond donors (Lipinski definition) is 4. The molecule has 1 aromatic heterocycles. The summed E-state index contributed by atoms with van der Waals surface area (Å²) in [5, 5.41) is 42.4. The maximum absolute atomic E-state index is 13.9. The van der Waals surface area contributed by atoms with Gasteiger partial charge in [0, 0.05) is 11.1 Å². The van der Waals surface area contributed by atoms with Crippen molar-refractivity contribution < 1.29 is 14.6 Å². The highest BCUT2D eigenvalue weighted by Gasteiger charge is 2.61. The second kappa shape index (κ2) is 5.78. The molecule has 29 heavy (non-hydrogen) atoms. The summed E-state index contributed by atoms with van der Waals surface area (Å²) < 4.78 is 13.9. The Morgan fingerprint density at radius 1 is 1.14 bits per heavy atom. The minimum atomic E-state index is -0.772. The Labute approximate surface area is 166 Å². The fourth-order valence-electron chi connectivity index (χ4n) is 6.17. The van der Waals surface area contributed by atoms with Gasteiger partial charge in [-0.1, -0.05) is 6.07 Å². The third-order valence-corrected chi connectivity index (χ3v) is 7.31. The summed E-state index contributed by atoms with van der Waals surface area (Å²) in [5.41, 5.74) is 3.86. The van der Waals surface area contributed by atoms with Crippen LogP contribution in [0.15, 0.2) is 36.5 Å². The summed E-state index contributed by atoms with van der Waals surface area (Å²) in [6.07, 6.45) is 1.04. The van der Waals surface area contributed by atoms with Gasteiger partial charge in [0.05, 0.1) is 35.5 Å². The molecule has 0 spiro atoms. The number of H-pyrrole nitrogens is 1. The van der Waals surface area contributed by atoms with Crippen LogP contribution in [0, 0.1) is 34.9 Å². The molecule has 3 aliphatic rings. The van der Waals surface area contributed by atoms with Crippen LogP contribution in [0.25, 0.3) is 10.9 Å². The molecule has 7 heteroatoms. The minimum Gasteiger partial charge on any atom is -0.390 e. The van der Waals surface area contributed by atoms with E-state index in [1.807, 2.05) is 24.4 Å². The highest BCUT2D eigenvalue weighted by Crippen LogP contribution is 2.64. The predicted octanol–water partition coefficient (Wildman–Crippen LogP) is 2.81. The number of nitrogens with zero attached hydrogens (tertiary/aromatic N) is 2. The molecule has 1 aliphatic heterocycles. The van der Waals surface area contributed by atoms with E-state index >= 15 is 0 Å². The maximum atomic E-state index is 13.9. The molecule has 2 fully saturated rings. The second-order valence-electron chi connectivity index (χ2n) is 8.48. The number of aromatic amines is 1. The van der Waals surface area contributed by atoms with E-state index in [4.69, 9.17) is 0 Å². The van der Waals surface area contributed by atoms with Gasteiger partial charge >= 0.3 is 0 Å². The number of aliphatic hydroxyl groups excluding tert-OH is 2. The van der Waals surface area contributed by atoms with Crippen LogP contribution in [-0.4, -0.2) is 32.6 Å². The Kier molecular flexibility index (Phi) is 3.38. The van der Waals surface area contributed by atoms with Crippen molar-refractivity contribution in [3.63, 3.8) is 0 Å². The molecule has 4 N–H and O–H groups in total. The van der Waals surface area contributed by atoms with Gasteiger partial charge in [-0.3, -0.25) is 5.10 Å². The minimum absolute atomic E-state index is 0.0145. The Bertz CT molecular complexity index is 1190. The summed E-state index contributed by atoms with van der Waals surface area (Å²) >= 11 is 0. The first-order valence-corrected chi connectivity index (χ1v) is 9.86. The van der Waals surface area contributed by atoms with Crippen LogP contribution in [0.4, 0.5) is 10.1 Å². The highest BCUT2D eigenvalue weighted by molar-refractivity contribution is 5.88. The average molecular weight is 390 g/mol. The van der Waals surface area contributed by atoms with Crippen molar-refractivity contribution in [1.29, 1.82) is 5.26 Å². The Hall–Kier alpha value is -2.95. The van der Waals surface area contributed by atoms with E-state index in [1.165, 1.54) is 6.07 Å². The number of aromatic nitrogens is 2. The van der Waals surface area contributed by atoms with Crippen LogP contribution in [0.2, 0.25) is 0 Å². The number of hydrogen-bond acceptors (Lipinski definition) is 5. The van der Waals surface area contributed by atoms with Gasteiger partial charge < -0.3 is 15.5 Å². The Morgan fingerprint density at radius 3 is 2.79 bits per heavy atom. The van der Waals surface area contributed by atoms with Gasteiger partial charge in [-0.2, -0.15) is 10.4 Å². The number of fused-ring (bicyclic) bond motifs is 9. The highest BCUT2D eigenvalue weighted by atomic mass is 19.1. The summed E-state index contributed by atoms with van der Waals surface area (Å²) in [6, 6.07) is 10.3. The van der Waals surface area contributed by atoms with Crippen LogP contribution in [0.3, 0.4) is 0 Å². The van der Waals surface area contributed by atoms with Crippen LogP contribution in [0.5, 0.6) is 0 Å². The van der Waals surface area contributed by atoms with E-state index in [9.17, 15) is 19.9 Å². The van der Waals surface area contributed by atoms with Crippen molar-refractivity contribution >= 4 is 16.6 Å². The van der Waals surface area contributed by atoms with Crippen LogP contribution < -0.4 is 5.32 Å². The number of rotatable bonds is 1.